The highest BCUT2D eigenvalue weighted by atomic mass is 19.4. The maximum Gasteiger partial charge on any atom is 0.416 e. The highest BCUT2D eigenvalue weighted by Crippen LogP contribution is 2.33. The highest BCUT2D eigenvalue weighted by molar-refractivity contribution is 5.94. The fraction of sp³-hybridized carbons (Fsp3) is 0.125. The molecule has 0 bridgehead atoms. The third-order valence-electron chi connectivity index (χ3n) is 3.13. The van der Waals surface area contributed by atoms with Crippen LogP contribution in [0.3, 0.4) is 0 Å². The minimum absolute atomic E-state index is 0.127. The van der Waals surface area contributed by atoms with Gasteiger partial charge in [-0.3, -0.25) is 4.79 Å². The van der Waals surface area contributed by atoms with E-state index in [1.807, 2.05) is 0 Å². The molecule has 2 aromatic carbocycles. The van der Waals surface area contributed by atoms with Crippen LogP contribution in [0.15, 0.2) is 42.5 Å². The molecule has 0 heterocycles. The lowest BCUT2D eigenvalue weighted by atomic mass is 9.98. The van der Waals surface area contributed by atoms with Crippen LogP contribution in [0.2, 0.25) is 0 Å². The average Bonchev–Trinajstić information content (AvgIpc) is 2.46. The molecule has 0 spiro atoms. The summed E-state index contributed by atoms with van der Waals surface area (Å²) in [4.78, 5) is 22.2. The van der Waals surface area contributed by atoms with Gasteiger partial charge in [0.05, 0.1) is 11.1 Å². The molecule has 0 aromatic heterocycles. The number of alkyl halides is 3. The Bertz CT molecular complexity index is 731. The van der Waals surface area contributed by atoms with Gasteiger partial charge >= 0.3 is 12.1 Å². The van der Waals surface area contributed by atoms with E-state index in [0.717, 1.165) is 6.07 Å². The summed E-state index contributed by atoms with van der Waals surface area (Å²) in [6, 6.07) is 8.58. The predicted molar refractivity (Wildman–Crippen MR) is 73.8 cm³/mol. The molecule has 3 nitrogen and oxygen atoms in total. The van der Waals surface area contributed by atoms with E-state index in [1.54, 1.807) is 0 Å². The summed E-state index contributed by atoms with van der Waals surface area (Å²) in [6.07, 6.45) is -4.64. The van der Waals surface area contributed by atoms with Crippen molar-refractivity contribution in [1.82, 2.24) is 0 Å². The van der Waals surface area contributed by atoms with Crippen molar-refractivity contribution in [2.45, 2.75) is 13.1 Å². The normalized spacial score (nSPS) is 11.3. The van der Waals surface area contributed by atoms with Crippen LogP contribution in [0.1, 0.15) is 33.2 Å². The summed E-state index contributed by atoms with van der Waals surface area (Å²) in [5, 5.41) is 8.95. The van der Waals surface area contributed by atoms with Crippen LogP contribution in [-0.4, -0.2) is 16.9 Å². The molecule has 6 heteroatoms. The number of aromatic carboxylic acids is 1. The SMILES string of the molecule is CC(=O)c1ccc(-c2cc(C(=O)O)cc(C(F)(F)F)c2)cc1. The van der Waals surface area contributed by atoms with E-state index in [9.17, 15) is 22.8 Å². The molecule has 0 aliphatic heterocycles. The Labute approximate surface area is 124 Å². The van der Waals surface area contributed by atoms with Gasteiger partial charge in [0.25, 0.3) is 0 Å². The van der Waals surface area contributed by atoms with Crippen LogP contribution < -0.4 is 0 Å². The average molecular weight is 308 g/mol. The van der Waals surface area contributed by atoms with Gasteiger partial charge in [0.15, 0.2) is 5.78 Å². The third-order valence-corrected chi connectivity index (χ3v) is 3.13. The first-order chi connectivity index (χ1) is 10.2. The predicted octanol–water partition coefficient (Wildman–Crippen LogP) is 4.27. The van der Waals surface area contributed by atoms with Gasteiger partial charge in [-0.05, 0) is 36.2 Å². The Balaban J connectivity index is 2.56. The van der Waals surface area contributed by atoms with Gasteiger partial charge in [-0.25, -0.2) is 4.79 Å². The number of hydrogen-bond donors (Lipinski definition) is 1. The van der Waals surface area contributed by atoms with Crippen molar-refractivity contribution in [2.75, 3.05) is 0 Å². The molecule has 0 saturated heterocycles. The van der Waals surface area contributed by atoms with Gasteiger partial charge < -0.3 is 5.11 Å². The lowest BCUT2D eigenvalue weighted by molar-refractivity contribution is -0.137. The Morgan fingerprint density at radius 3 is 1.95 bits per heavy atom. The molecule has 0 fully saturated rings. The number of carbonyl (C=O) groups excluding carboxylic acids is 1. The molecule has 0 unspecified atom stereocenters. The van der Waals surface area contributed by atoms with Gasteiger partial charge in [0.1, 0.15) is 0 Å². The van der Waals surface area contributed by atoms with Crippen molar-refractivity contribution in [3.05, 3.63) is 59.2 Å². The number of rotatable bonds is 3. The number of carboxylic acid groups (broad SMARTS) is 1. The Hall–Kier alpha value is -2.63. The maximum atomic E-state index is 12.9. The fourth-order valence-corrected chi connectivity index (χ4v) is 1.98. The summed E-state index contributed by atoms with van der Waals surface area (Å²) in [5.74, 6) is -1.60. The van der Waals surface area contributed by atoms with Crippen molar-refractivity contribution in [3.8, 4) is 11.1 Å². The first kappa shape index (κ1) is 15.8. The van der Waals surface area contributed by atoms with Crippen molar-refractivity contribution in [1.29, 1.82) is 0 Å². The molecule has 114 valence electrons. The van der Waals surface area contributed by atoms with E-state index < -0.39 is 23.3 Å². The van der Waals surface area contributed by atoms with E-state index in [1.165, 1.54) is 37.3 Å². The second kappa shape index (κ2) is 5.63. The summed E-state index contributed by atoms with van der Waals surface area (Å²) in [7, 11) is 0. The zero-order valence-corrected chi connectivity index (χ0v) is 11.4. The number of Topliss-reactive ketones (excluding diaryl/α,β-unsaturated/α-hetero) is 1. The smallest absolute Gasteiger partial charge is 0.416 e. The van der Waals surface area contributed by atoms with E-state index in [4.69, 9.17) is 5.11 Å². The molecule has 0 radical (unpaired) electrons. The van der Waals surface area contributed by atoms with Crippen LogP contribution >= 0.6 is 0 Å². The molecule has 22 heavy (non-hydrogen) atoms. The van der Waals surface area contributed by atoms with E-state index in [2.05, 4.69) is 0 Å². The number of carboxylic acids is 1. The third kappa shape index (κ3) is 3.33. The fourth-order valence-electron chi connectivity index (χ4n) is 1.98. The van der Waals surface area contributed by atoms with E-state index >= 15 is 0 Å². The van der Waals surface area contributed by atoms with Crippen LogP contribution in [0.4, 0.5) is 13.2 Å². The van der Waals surface area contributed by atoms with Gasteiger partial charge in [0, 0.05) is 5.56 Å². The Morgan fingerprint density at radius 2 is 1.50 bits per heavy atom. The second-order valence-electron chi connectivity index (χ2n) is 4.74. The quantitative estimate of drug-likeness (QED) is 0.861. The van der Waals surface area contributed by atoms with Crippen molar-refractivity contribution >= 4 is 11.8 Å². The minimum Gasteiger partial charge on any atom is -0.478 e. The van der Waals surface area contributed by atoms with Crippen molar-refractivity contribution in [3.63, 3.8) is 0 Å². The van der Waals surface area contributed by atoms with Crippen molar-refractivity contribution < 1.29 is 27.9 Å². The summed E-state index contributed by atoms with van der Waals surface area (Å²) < 4.78 is 38.6. The van der Waals surface area contributed by atoms with Crippen molar-refractivity contribution in [2.24, 2.45) is 0 Å². The Kier molecular flexibility index (Phi) is 4.03. The molecular weight excluding hydrogens is 297 g/mol. The molecule has 2 aromatic rings. The van der Waals surface area contributed by atoms with Crippen LogP contribution in [-0.2, 0) is 6.18 Å². The monoisotopic (exact) mass is 308 g/mol. The largest absolute Gasteiger partial charge is 0.478 e. The maximum absolute atomic E-state index is 12.9. The van der Waals surface area contributed by atoms with Crippen LogP contribution in [0.25, 0.3) is 11.1 Å². The first-order valence-electron chi connectivity index (χ1n) is 6.25. The van der Waals surface area contributed by atoms with Gasteiger partial charge in [-0.2, -0.15) is 13.2 Å². The molecule has 0 aliphatic carbocycles. The number of benzene rings is 2. The molecule has 0 amide bonds. The van der Waals surface area contributed by atoms with Crippen LogP contribution in [0.5, 0.6) is 0 Å². The molecule has 0 saturated carbocycles. The molecule has 1 N–H and O–H groups in total. The number of hydrogen-bond acceptors (Lipinski definition) is 2. The number of ketones is 1. The summed E-state index contributed by atoms with van der Waals surface area (Å²) in [5.41, 5.74) is -0.520. The minimum atomic E-state index is -4.64. The molecule has 0 atom stereocenters. The molecule has 0 aliphatic rings. The van der Waals surface area contributed by atoms with Gasteiger partial charge in [-0.1, -0.05) is 24.3 Å². The molecular formula is C16H11F3O3. The molecule has 2 rings (SSSR count). The Morgan fingerprint density at radius 1 is 0.909 bits per heavy atom. The summed E-state index contributed by atoms with van der Waals surface area (Å²) >= 11 is 0. The lowest BCUT2D eigenvalue weighted by Gasteiger charge is -2.11. The highest BCUT2D eigenvalue weighted by Gasteiger charge is 2.31. The zero-order chi connectivity index (χ0) is 16.5. The van der Waals surface area contributed by atoms with E-state index in [-0.39, 0.29) is 11.3 Å². The summed E-state index contributed by atoms with van der Waals surface area (Å²) in [6.45, 7) is 1.38. The second-order valence-corrected chi connectivity index (χ2v) is 4.74. The first-order valence-corrected chi connectivity index (χ1v) is 6.25. The van der Waals surface area contributed by atoms with Crippen LogP contribution in [0, 0.1) is 0 Å². The zero-order valence-electron chi connectivity index (χ0n) is 11.4. The topological polar surface area (TPSA) is 54.4 Å². The van der Waals surface area contributed by atoms with E-state index in [0.29, 0.717) is 17.2 Å². The number of carbonyl (C=O) groups is 2. The lowest BCUT2D eigenvalue weighted by Crippen LogP contribution is -2.08. The van der Waals surface area contributed by atoms with Gasteiger partial charge in [0.2, 0.25) is 0 Å². The number of halogens is 3. The standard InChI is InChI=1S/C16H11F3O3/c1-9(20)10-2-4-11(5-3-10)12-6-13(15(21)22)8-14(7-12)16(17,18)19/h2-8H,1H3,(H,21,22). The van der Waals surface area contributed by atoms with Gasteiger partial charge in [-0.15, -0.1) is 0 Å².